The Kier molecular flexibility index (Phi) is 6.17. The molecule has 0 atom stereocenters. The molecule has 1 aliphatic rings. The number of pyridine rings is 1. The first kappa shape index (κ1) is 21.6. The minimum Gasteiger partial charge on any atom is -0.457 e. The predicted octanol–water partition coefficient (Wildman–Crippen LogP) is 3.76. The number of fused-ring (bicyclic) bond motifs is 1. The van der Waals surface area contributed by atoms with Gasteiger partial charge in [-0.2, -0.15) is 0 Å². The molecule has 0 bridgehead atoms. The van der Waals surface area contributed by atoms with E-state index in [4.69, 9.17) is 9.47 Å². The first-order valence-electron chi connectivity index (χ1n) is 11.0. The number of benzene rings is 2. The van der Waals surface area contributed by atoms with Gasteiger partial charge in [0.05, 0.1) is 18.7 Å². The van der Waals surface area contributed by atoms with Crippen molar-refractivity contribution in [1.29, 1.82) is 0 Å². The van der Waals surface area contributed by atoms with Gasteiger partial charge in [0.2, 0.25) is 5.95 Å². The molecule has 3 heterocycles. The number of hydrogen-bond acceptors (Lipinski definition) is 8. The Morgan fingerprint density at radius 3 is 2.59 bits per heavy atom. The number of nitrogens with one attached hydrogen (secondary N) is 2. The van der Waals surface area contributed by atoms with Crippen LogP contribution in [0, 0.1) is 0 Å². The summed E-state index contributed by atoms with van der Waals surface area (Å²) in [5.41, 5.74) is 3.17. The average molecular weight is 457 g/mol. The van der Waals surface area contributed by atoms with Crippen LogP contribution in [0.1, 0.15) is 10.5 Å². The van der Waals surface area contributed by atoms with E-state index in [1.165, 1.54) is 11.9 Å². The predicted molar refractivity (Wildman–Crippen MR) is 130 cm³/mol. The molecule has 1 amide bonds. The summed E-state index contributed by atoms with van der Waals surface area (Å²) in [7, 11) is 1.56. The molecule has 9 heteroatoms. The SMILES string of the molecule is CNC(=O)c1cc(Oc2ccc3nc(Nc4ccc(N5CCOCC5)cc4)ncc3c2)ccn1. The second-order valence-corrected chi connectivity index (χ2v) is 7.74. The number of morpholine rings is 1. The molecule has 0 aliphatic carbocycles. The Bertz CT molecular complexity index is 1310. The van der Waals surface area contributed by atoms with Crippen molar-refractivity contribution in [3.8, 4) is 11.5 Å². The molecule has 1 fully saturated rings. The molecule has 172 valence electrons. The Labute approximate surface area is 196 Å². The van der Waals surface area contributed by atoms with Crippen LogP contribution >= 0.6 is 0 Å². The molecule has 4 aromatic rings. The van der Waals surface area contributed by atoms with Crippen molar-refractivity contribution in [3.05, 3.63) is 72.7 Å². The van der Waals surface area contributed by atoms with Crippen molar-refractivity contribution >= 4 is 34.1 Å². The molecule has 2 aromatic carbocycles. The van der Waals surface area contributed by atoms with E-state index in [-0.39, 0.29) is 11.6 Å². The fraction of sp³-hybridized carbons (Fsp3) is 0.200. The highest BCUT2D eigenvalue weighted by Crippen LogP contribution is 2.26. The fourth-order valence-electron chi connectivity index (χ4n) is 3.70. The number of amides is 1. The second-order valence-electron chi connectivity index (χ2n) is 7.74. The third-order valence-corrected chi connectivity index (χ3v) is 5.48. The molecule has 0 spiro atoms. The lowest BCUT2D eigenvalue weighted by atomic mass is 10.2. The van der Waals surface area contributed by atoms with E-state index in [1.807, 2.05) is 30.3 Å². The zero-order chi connectivity index (χ0) is 23.3. The molecule has 9 nitrogen and oxygen atoms in total. The van der Waals surface area contributed by atoms with Crippen molar-refractivity contribution < 1.29 is 14.3 Å². The maximum absolute atomic E-state index is 11.8. The van der Waals surface area contributed by atoms with E-state index >= 15 is 0 Å². The number of nitrogens with zero attached hydrogens (tertiary/aromatic N) is 4. The molecule has 1 aliphatic heterocycles. The standard InChI is InChI=1S/C25H24N6O3/c1-26-24(32)23-15-21(8-9-27-23)34-20-6-7-22-17(14-20)16-28-25(30-22)29-18-2-4-19(5-3-18)31-10-12-33-13-11-31/h2-9,14-16H,10-13H2,1H3,(H,26,32)(H,28,29,30). The van der Waals surface area contributed by atoms with Crippen molar-refractivity contribution in [3.63, 3.8) is 0 Å². The minimum absolute atomic E-state index is 0.270. The van der Waals surface area contributed by atoms with Crippen LogP contribution < -0.4 is 20.3 Å². The number of anilines is 3. The summed E-state index contributed by atoms with van der Waals surface area (Å²) in [5, 5.41) is 6.65. The highest BCUT2D eigenvalue weighted by atomic mass is 16.5. The smallest absolute Gasteiger partial charge is 0.269 e. The zero-order valence-corrected chi connectivity index (χ0v) is 18.7. The molecular formula is C25H24N6O3. The Morgan fingerprint density at radius 2 is 1.79 bits per heavy atom. The third kappa shape index (κ3) is 4.89. The van der Waals surface area contributed by atoms with E-state index < -0.39 is 0 Å². The molecule has 34 heavy (non-hydrogen) atoms. The van der Waals surface area contributed by atoms with Crippen LogP contribution in [0.3, 0.4) is 0 Å². The quantitative estimate of drug-likeness (QED) is 0.452. The van der Waals surface area contributed by atoms with Gasteiger partial charge in [-0.15, -0.1) is 0 Å². The van der Waals surface area contributed by atoms with E-state index in [9.17, 15) is 4.79 Å². The van der Waals surface area contributed by atoms with E-state index in [0.29, 0.717) is 17.4 Å². The van der Waals surface area contributed by atoms with Crippen LogP contribution in [0.25, 0.3) is 10.9 Å². The third-order valence-electron chi connectivity index (χ3n) is 5.48. The van der Waals surface area contributed by atoms with Crippen LogP contribution in [0.15, 0.2) is 67.0 Å². The average Bonchev–Trinajstić information content (AvgIpc) is 2.89. The summed E-state index contributed by atoms with van der Waals surface area (Å²) in [6.45, 7) is 3.33. The van der Waals surface area contributed by atoms with Gasteiger partial charge in [0, 0.05) is 55.4 Å². The molecule has 0 radical (unpaired) electrons. The number of ether oxygens (including phenoxy) is 2. The Morgan fingerprint density at radius 1 is 1.00 bits per heavy atom. The lowest BCUT2D eigenvalue weighted by Crippen LogP contribution is -2.36. The number of aromatic nitrogens is 3. The molecule has 2 N–H and O–H groups in total. The van der Waals surface area contributed by atoms with Gasteiger partial charge in [0.1, 0.15) is 17.2 Å². The summed E-state index contributed by atoms with van der Waals surface area (Å²) in [6, 6.07) is 17.1. The van der Waals surface area contributed by atoms with Gasteiger partial charge >= 0.3 is 0 Å². The highest BCUT2D eigenvalue weighted by molar-refractivity contribution is 5.92. The van der Waals surface area contributed by atoms with Gasteiger partial charge in [-0.25, -0.2) is 9.97 Å². The van der Waals surface area contributed by atoms with Crippen LogP contribution in [0.2, 0.25) is 0 Å². The van der Waals surface area contributed by atoms with Crippen LogP contribution in [-0.4, -0.2) is 54.2 Å². The summed E-state index contributed by atoms with van der Waals surface area (Å²) < 4.78 is 11.3. The van der Waals surface area contributed by atoms with E-state index in [0.717, 1.165) is 42.9 Å². The van der Waals surface area contributed by atoms with Crippen LogP contribution in [0.4, 0.5) is 17.3 Å². The van der Waals surface area contributed by atoms with Crippen molar-refractivity contribution in [2.75, 3.05) is 43.6 Å². The molecule has 1 saturated heterocycles. The maximum Gasteiger partial charge on any atom is 0.269 e. The minimum atomic E-state index is -0.270. The van der Waals surface area contributed by atoms with Crippen molar-refractivity contribution in [1.82, 2.24) is 20.3 Å². The first-order valence-corrected chi connectivity index (χ1v) is 11.0. The lowest BCUT2D eigenvalue weighted by molar-refractivity contribution is 0.0958. The maximum atomic E-state index is 11.8. The normalized spacial score (nSPS) is 13.5. The Balaban J connectivity index is 1.28. The van der Waals surface area contributed by atoms with Crippen molar-refractivity contribution in [2.45, 2.75) is 0 Å². The largest absolute Gasteiger partial charge is 0.457 e. The highest BCUT2D eigenvalue weighted by Gasteiger charge is 2.11. The summed E-state index contributed by atoms with van der Waals surface area (Å²) in [5.74, 6) is 1.38. The molecule has 0 saturated carbocycles. The van der Waals surface area contributed by atoms with Gasteiger partial charge < -0.3 is 25.0 Å². The summed E-state index contributed by atoms with van der Waals surface area (Å²) in [6.07, 6.45) is 3.29. The van der Waals surface area contributed by atoms with E-state index in [1.54, 1.807) is 25.4 Å². The summed E-state index contributed by atoms with van der Waals surface area (Å²) >= 11 is 0. The topological polar surface area (TPSA) is 102 Å². The summed E-state index contributed by atoms with van der Waals surface area (Å²) in [4.78, 5) is 27.2. The monoisotopic (exact) mass is 456 g/mol. The molecular weight excluding hydrogens is 432 g/mol. The number of carbonyl (C=O) groups is 1. The van der Waals surface area contributed by atoms with Crippen LogP contribution in [-0.2, 0) is 4.74 Å². The second kappa shape index (κ2) is 9.72. The van der Waals surface area contributed by atoms with Gasteiger partial charge in [0.25, 0.3) is 5.91 Å². The van der Waals surface area contributed by atoms with Crippen molar-refractivity contribution in [2.24, 2.45) is 0 Å². The number of carbonyl (C=O) groups excluding carboxylic acids is 1. The van der Waals surface area contributed by atoms with Gasteiger partial charge in [0.15, 0.2) is 0 Å². The van der Waals surface area contributed by atoms with Gasteiger partial charge in [-0.1, -0.05) is 0 Å². The number of rotatable bonds is 6. The lowest BCUT2D eigenvalue weighted by Gasteiger charge is -2.28. The zero-order valence-electron chi connectivity index (χ0n) is 18.7. The first-order chi connectivity index (χ1) is 16.7. The molecule has 0 unspecified atom stereocenters. The fourth-order valence-corrected chi connectivity index (χ4v) is 3.70. The molecule has 5 rings (SSSR count). The van der Waals surface area contributed by atoms with E-state index in [2.05, 4.69) is 42.6 Å². The van der Waals surface area contributed by atoms with Crippen LogP contribution in [0.5, 0.6) is 11.5 Å². The molecule has 2 aromatic heterocycles. The van der Waals surface area contributed by atoms with Gasteiger partial charge in [-0.3, -0.25) is 9.78 Å². The van der Waals surface area contributed by atoms with Gasteiger partial charge in [-0.05, 0) is 48.5 Å². The Hall–Kier alpha value is -4.24. The number of hydrogen-bond donors (Lipinski definition) is 2.